The molecule has 0 aromatic carbocycles. The second-order valence-electron chi connectivity index (χ2n) is 10.6. The van der Waals surface area contributed by atoms with E-state index in [9.17, 15) is 19.0 Å². The number of rotatable bonds is 29. The minimum absolute atomic E-state index is 0.0167. The standard InChI is InChI=1S/C29H59N2O7P/c1-3-5-7-9-11-13-15-17-19-21-28(32)31-27(26-38-39(34,35)37-24-23-30)25-36-29(33)22-20-18-16-14-12-10-8-6-4-2/h27H,3-26,30H2,1-2H3,(H,31,32)(H,34,35)/p+1/t27-/m0/s1. The van der Waals surface area contributed by atoms with Crippen molar-refractivity contribution >= 4 is 19.7 Å². The third-order valence-corrected chi connectivity index (χ3v) is 7.62. The van der Waals surface area contributed by atoms with Crippen LogP contribution in [0.5, 0.6) is 0 Å². The lowest BCUT2D eigenvalue weighted by molar-refractivity contribution is -0.371. The number of esters is 1. The molecule has 39 heavy (non-hydrogen) atoms. The lowest BCUT2D eigenvalue weighted by atomic mass is 10.1. The molecular weight excluding hydrogens is 519 g/mol. The fraction of sp³-hybridized carbons (Fsp3) is 0.931. The quantitative estimate of drug-likeness (QED) is 0.0542. The van der Waals surface area contributed by atoms with Gasteiger partial charge in [-0.2, -0.15) is 0 Å². The maximum Gasteiger partial charge on any atom is 0.472 e. The highest BCUT2D eigenvalue weighted by Gasteiger charge is 2.25. The van der Waals surface area contributed by atoms with Crippen LogP contribution in [0.2, 0.25) is 0 Å². The molecule has 5 N–H and O–H groups in total. The maximum atomic E-state index is 12.5. The summed E-state index contributed by atoms with van der Waals surface area (Å²) < 4.78 is 27.2. The SMILES string of the molecule is CCCCCCCCCCCC(=O)N[C@@H](COC(=O)CCCCCCCCCCC)COP(=O)(O)OCC[NH3+]. The van der Waals surface area contributed by atoms with Crippen LogP contribution >= 0.6 is 7.82 Å². The molecule has 10 heteroatoms. The molecule has 0 aliphatic carbocycles. The molecule has 9 nitrogen and oxygen atoms in total. The molecular formula is C29H60N2O7P+. The first-order valence-corrected chi connectivity index (χ1v) is 17.2. The van der Waals surface area contributed by atoms with Gasteiger partial charge in [0, 0.05) is 12.8 Å². The Morgan fingerprint density at radius 3 is 1.67 bits per heavy atom. The topological polar surface area (TPSA) is 139 Å². The summed E-state index contributed by atoms with van der Waals surface area (Å²) in [6.45, 7) is 4.33. The zero-order valence-corrected chi connectivity index (χ0v) is 26.0. The van der Waals surface area contributed by atoms with Crippen molar-refractivity contribution in [2.75, 3.05) is 26.4 Å². The van der Waals surface area contributed by atoms with Crippen LogP contribution < -0.4 is 11.1 Å². The fourth-order valence-corrected chi connectivity index (χ4v) is 5.08. The number of ether oxygens (including phenoxy) is 1. The monoisotopic (exact) mass is 579 g/mol. The normalized spacial score (nSPS) is 13.6. The number of unbranched alkanes of at least 4 members (excludes halogenated alkanes) is 16. The van der Waals surface area contributed by atoms with Gasteiger partial charge in [0.05, 0.1) is 19.2 Å². The Bertz CT molecular complexity index is 637. The van der Waals surface area contributed by atoms with Crippen LogP contribution in [0.15, 0.2) is 0 Å². The molecule has 0 aliphatic heterocycles. The molecule has 0 spiro atoms. The first-order chi connectivity index (χ1) is 18.8. The molecule has 0 rings (SSSR count). The predicted octanol–water partition coefficient (Wildman–Crippen LogP) is 6.23. The Hall–Kier alpha value is -0.990. The highest BCUT2D eigenvalue weighted by molar-refractivity contribution is 7.47. The molecule has 0 bridgehead atoms. The van der Waals surface area contributed by atoms with E-state index >= 15 is 0 Å². The molecule has 0 saturated heterocycles. The third-order valence-electron chi connectivity index (χ3n) is 6.64. The largest absolute Gasteiger partial charge is 0.472 e. The minimum atomic E-state index is -4.27. The summed E-state index contributed by atoms with van der Waals surface area (Å²) in [7, 11) is -4.27. The number of quaternary nitrogens is 1. The number of nitrogens with one attached hydrogen (secondary N) is 1. The maximum absolute atomic E-state index is 12.5. The summed E-state index contributed by atoms with van der Waals surface area (Å²) in [5.74, 6) is -0.524. The summed E-state index contributed by atoms with van der Waals surface area (Å²) in [5, 5.41) is 2.79. The molecule has 1 unspecified atom stereocenters. The van der Waals surface area contributed by atoms with E-state index in [2.05, 4.69) is 24.9 Å². The molecule has 0 aliphatic rings. The van der Waals surface area contributed by atoms with Crippen LogP contribution in [0.3, 0.4) is 0 Å². The van der Waals surface area contributed by atoms with Gasteiger partial charge in [0.15, 0.2) is 0 Å². The second kappa shape index (κ2) is 27.2. The molecule has 1 amide bonds. The van der Waals surface area contributed by atoms with Crippen molar-refractivity contribution in [1.82, 2.24) is 5.32 Å². The highest BCUT2D eigenvalue weighted by atomic mass is 31.2. The molecule has 0 radical (unpaired) electrons. The first-order valence-electron chi connectivity index (χ1n) is 15.7. The van der Waals surface area contributed by atoms with Gasteiger partial charge in [-0.3, -0.25) is 18.6 Å². The Morgan fingerprint density at radius 1 is 0.718 bits per heavy atom. The third kappa shape index (κ3) is 27.0. The summed E-state index contributed by atoms with van der Waals surface area (Å²) in [6.07, 6.45) is 21.6. The van der Waals surface area contributed by atoms with Gasteiger partial charge in [0.2, 0.25) is 5.91 Å². The van der Waals surface area contributed by atoms with E-state index < -0.39 is 13.9 Å². The predicted molar refractivity (Wildman–Crippen MR) is 156 cm³/mol. The molecule has 0 heterocycles. The lowest BCUT2D eigenvalue weighted by Gasteiger charge is -2.20. The average molecular weight is 580 g/mol. The van der Waals surface area contributed by atoms with Crippen molar-refractivity contribution in [3.8, 4) is 0 Å². The molecule has 232 valence electrons. The number of hydrogen-bond acceptors (Lipinski definition) is 6. The van der Waals surface area contributed by atoms with Crippen LogP contribution in [0.1, 0.15) is 142 Å². The average Bonchev–Trinajstić information content (AvgIpc) is 2.91. The van der Waals surface area contributed by atoms with Crippen LogP contribution in [-0.2, 0) is 27.9 Å². The Labute approximate surface area is 238 Å². The number of amides is 1. The van der Waals surface area contributed by atoms with Gasteiger partial charge in [0.25, 0.3) is 0 Å². The van der Waals surface area contributed by atoms with Gasteiger partial charge < -0.3 is 20.7 Å². The van der Waals surface area contributed by atoms with Crippen LogP contribution in [0.4, 0.5) is 0 Å². The van der Waals surface area contributed by atoms with E-state index in [1.807, 2.05) is 0 Å². The van der Waals surface area contributed by atoms with Gasteiger partial charge in [-0.05, 0) is 12.8 Å². The minimum Gasteiger partial charge on any atom is -0.463 e. The molecule has 0 fully saturated rings. The Balaban J connectivity index is 4.33. The molecule has 0 saturated carbocycles. The highest BCUT2D eigenvalue weighted by Crippen LogP contribution is 2.42. The fourth-order valence-electron chi connectivity index (χ4n) is 4.27. The van der Waals surface area contributed by atoms with Gasteiger partial charge in [-0.1, -0.05) is 117 Å². The van der Waals surface area contributed by atoms with E-state index in [1.165, 1.54) is 77.0 Å². The number of carbonyl (C=O) groups excluding carboxylic acids is 2. The van der Waals surface area contributed by atoms with Crippen LogP contribution in [-0.4, -0.2) is 49.2 Å². The van der Waals surface area contributed by atoms with E-state index in [-0.39, 0.29) is 31.7 Å². The van der Waals surface area contributed by atoms with E-state index in [4.69, 9.17) is 13.8 Å². The zero-order chi connectivity index (χ0) is 29.0. The second-order valence-corrected chi connectivity index (χ2v) is 12.0. The Morgan fingerprint density at radius 2 is 1.18 bits per heavy atom. The van der Waals surface area contributed by atoms with Crippen molar-refractivity contribution < 1.29 is 38.6 Å². The van der Waals surface area contributed by atoms with E-state index in [0.29, 0.717) is 19.4 Å². The van der Waals surface area contributed by atoms with Gasteiger partial charge >= 0.3 is 13.8 Å². The summed E-state index contributed by atoms with van der Waals surface area (Å²) in [5.41, 5.74) is 3.56. The Kier molecular flexibility index (Phi) is 26.5. The molecule has 0 aromatic heterocycles. The van der Waals surface area contributed by atoms with Gasteiger partial charge in [-0.25, -0.2) is 4.57 Å². The number of phosphoric ester groups is 1. The molecule has 0 aromatic rings. The number of phosphoric acid groups is 1. The summed E-state index contributed by atoms with van der Waals surface area (Å²) in [6, 6.07) is -0.730. The smallest absolute Gasteiger partial charge is 0.463 e. The van der Waals surface area contributed by atoms with Crippen molar-refractivity contribution in [3.63, 3.8) is 0 Å². The van der Waals surface area contributed by atoms with E-state index in [1.54, 1.807) is 0 Å². The van der Waals surface area contributed by atoms with Gasteiger partial charge in [0.1, 0.15) is 13.2 Å². The van der Waals surface area contributed by atoms with Crippen molar-refractivity contribution in [3.05, 3.63) is 0 Å². The van der Waals surface area contributed by atoms with E-state index in [0.717, 1.165) is 38.5 Å². The number of hydrogen-bond donors (Lipinski definition) is 3. The van der Waals surface area contributed by atoms with Crippen LogP contribution in [0, 0.1) is 0 Å². The van der Waals surface area contributed by atoms with Crippen LogP contribution in [0.25, 0.3) is 0 Å². The summed E-state index contributed by atoms with van der Waals surface area (Å²) >= 11 is 0. The summed E-state index contributed by atoms with van der Waals surface area (Å²) in [4.78, 5) is 34.5. The van der Waals surface area contributed by atoms with Gasteiger partial charge in [-0.15, -0.1) is 0 Å². The van der Waals surface area contributed by atoms with Crippen molar-refractivity contribution in [2.45, 2.75) is 148 Å². The number of carbonyl (C=O) groups is 2. The van der Waals surface area contributed by atoms with Crippen molar-refractivity contribution in [1.29, 1.82) is 0 Å². The first kappa shape index (κ1) is 38.0. The zero-order valence-electron chi connectivity index (χ0n) is 25.1. The lowest BCUT2D eigenvalue weighted by Crippen LogP contribution is -2.52. The van der Waals surface area contributed by atoms with Crippen molar-refractivity contribution in [2.24, 2.45) is 0 Å². The molecule has 2 atom stereocenters.